The molecule has 4 rings (SSSR count). The van der Waals surface area contributed by atoms with Crippen molar-refractivity contribution < 1.29 is 19.8 Å². The van der Waals surface area contributed by atoms with Crippen LogP contribution in [-0.2, 0) is 9.59 Å². The molecular formula is C18H27N3O4S2. The molecule has 0 saturated carbocycles. The molecule has 7 nitrogen and oxygen atoms in total. The van der Waals surface area contributed by atoms with Crippen LogP contribution in [-0.4, -0.2) is 86.6 Å². The Balaban J connectivity index is 1.50. The number of aliphatic hydroxyl groups is 1. The number of aliphatic carboxylic acids is 1. The number of carbonyl (C=O) groups is 2. The molecule has 27 heavy (non-hydrogen) atoms. The van der Waals surface area contributed by atoms with Crippen molar-refractivity contribution in [1.29, 1.82) is 0 Å². The van der Waals surface area contributed by atoms with Crippen LogP contribution in [0.2, 0.25) is 0 Å². The molecule has 0 aromatic heterocycles. The number of fused-ring (bicyclic) bond motifs is 1. The van der Waals surface area contributed by atoms with Crippen LogP contribution >= 0.6 is 23.5 Å². The van der Waals surface area contributed by atoms with E-state index in [0.29, 0.717) is 16.7 Å². The standard InChI is InChI=1S/C18H27N3O4S2/c1-8-13-12(9(2)22)16(23)21(13)14(18(24)25)15(8)27-10-6-11(19-7-10)17-20(3)4-5-26-17/h8-13,17,19,22H,4-7H2,1-3H3,(H,24,25)/t8-,9-,10+,11+,12?,13?,17?/m1/s1. The largest absolute Gasteiger partial charge is 0.477 e. The monoisotopic (exact) mass is 413 g/mol. The van der Waals surface area contributed by atoms with Crippen LogP contribution in [0.3, 0.4) is 0 Å². The van der Waals surface area contributed by atoms with Crippen LogP contribution in [0.4, 0.5) is 0 Å². The summed E-state index contributed by atoms with van der Waals surface area (Å²) < 4.78 is 0. The summed E-state index contributed by atoms with van der Waals surface area (Å²) in [6.45, 7) is 5.55. The molecule has 3 N–H and O–H groups in total. The number of carbonyl (C=O) groups excluding carboxylic acids is 1. The van der Waals surface area contributed by atoms with E-state index >= 15 is 0 Å². The van der Waals surface area contributed by atoms with Crippen LogP contribution in [0.5, 0.6) is 0 Å². The van der Waals surface area contributed by atoms with E-state index in [-0.39, 0.29) is 23.6 Å². The van der Waals surface area contributed by atoms with E-state index in [2.05, 4.69) is 17.3 Å². The van der Waals surface area contributed by atoms with Crippen LogP contribution in [0.25, 0.3) is 0 Å². The highest BCUT2D eigenvalue weighted by Crippen LogP contribution is 2.52. The summed E-state index contributed by atoms with van der Waals surface area (Å²) in [6, 6.07) is 0.183. The van der Waals surface area contributed by atoms with Crippen molar-refractivity contribution in [2.45, 2.75) is 49.1 Å². The van der Waals surface area contributed by atoms with Crippen molar-refractivity contribution >= 4 is 35.4 Å². The van der Waals surface area contributed by atoms with Gasteiger partial charge in [0.25, 0.3) is 0 Å². The molecular weight excluding hydrogens is 386 g/mol. The Kier molecular flexibility index (Phi) is 5.26. The lowest BCUT2D eigenvalue weighted by Crippen LogP contribution is -2.63. The maximum atomic E-state index is 12.4. The molecule has 4 heterocycles. The van der Waals surface area contributed by atoms with Gasteiger partial charge >= 0.3 is 5.97 Å². The van der Waals surface area contributed by atoms with E-state index in [1.54, 1.807) is 18.7 Å². The van der Waals surface area contributed by atoms with Crippen LogP contribution in [0.15, 0.2) is 10.6 Å². The molecule has 0 bridgehead atoms. The zero-order chi connectivity index (χ0) is 19.5. The number of β-lactam (4-membered cyclic amide) rings is 1. The smallest absolute Gasteiger partial charge is 0.353 e. The fourth-order valence-electron chi connectivity index (χ4n) is 4.89. The molecule has 4 aliphatic rings. The maximum Gasteiger partial charge on any atom is 0.353 e. The zero-order valence-electron chi connectivity index (χ0n) is 15.8. The van der Waals surface area contributed by atoms with Crippen molar-refractivity contribution in [3.63, 3.8) is 0 Å². The number of carboxylic acids is 1. The molecule has 3 saturated heterocycles. The van der Waals surface area contributed by atoms with Gasteiger partial charge in [-0.2, -0.15) is 0 Å². The van der Waals surface area contributed by atoms with Gasteiger partial charge < -0.3 is 20.4 Å². The van der Waals surface area contributed by atoms with Crippen molar-refractivity contribution in [1.82, 2.24) is 15.1 Å². The Hall–Kier alpha value is -0.740. The van der Waals surface area contributed by atoms with Gasteiger partial charge in [-0.05, 0) is 20.4 Å². The van der Waals surface area contributed by atoms with Crippen LogP contribution in [0, 0.1) is 11.8 Å². The number of nitrogens with zero attached hydrogens (tertiary/aromatic N) is 2. The molecule has 0 radical (unpaired) electrons. The number of nitrogens with one attached hydrogen (secondary N) is 1. The summed E-state index contributed by atoms with van der Waals surface area (Å²) >= 11 is 3.60. The summed E-state index contributed by atoms with van der Waals surface area (Å²) in [5.41, 5.74) is 0.134. The minimum atomic E-state index is -1.04. The highest BCUT2D eigenvalue weighted by Gasteiger charge is 2.60. The molecule has 0 aromatic rings. The molecule has 1 amide bonds. The van der Waals surface area contributed by atoms with E-state index in [1.807, 2.05) is 18.7 Å². The quantitative estimate of drug-likeness (QED) is 0.565. The lowest BCUT2D eigenvalue weighted by molar-refractivity contribution is -0.163. The first-order chi connectivity index (χ1) is 12.8. The minimum Gasteiger partial charge on any atom is -0.477 e. The van der Waals surface area contributed by atoms with Gasteiger partial charge in [-0.1, -0.05) is 6.92 Å². The fourth-order valence-corrected chi connectivity index (χ4v) is 7.82. The van der Waals surface area contributed by atoms with E-state index < -0.39 is 18.0 Å². The van der Waals surface area contributed by atoms with Gasteiger partial charge in [0.2, 0.25) is 5.91 Å². The molecule has 0 aromatic carbocycles. The SMILES string of the molecule is C[C@@H](O)C1C(=O)N2C(C(=O)O)=C(S[C@@H]3CN[C@H](C4SCCN4C)C3)[C@H](C)C12. The van der Waals surface area contributed by atoms with Crippen LogP contribution < -0.4 is 5.32 Å². The molecule has 0 spiro atoms. The first-order valence-corrected chi connectivity index (χ1v) is 11.4. The maximum absolute atomic E-state index is 12.4. The van der Waals surface area contributed by atoms with E-state index in [1.165, 1.54) is 4.90 Å². The van der Waals surface area contributed by atoms with Gasteiger partial charge in [0.15, 0.2) is 0 Å². The number of rotatable bonds is 5. The highest BCUT2D eigenvalue weighted by atomic mass is 32.2. The second kappa shape index (κ2) is 7.26. The average molecular weight is 414 g/mol. The predicted molar refractivity (Wildman–Crippen MR) is 106 cm³/mol. The van der Waals surface area contributed by atoms with Gasteiger partial charge in [0, 0.05) is 41.0 Å². The molecule has 0 aliphatic carbocycles. The topological polar surface area (TPSA) is 93.1 Å². The predicted octanol–water partition coefficient (Wildman–Crippen LogP) is 0.609. The van der Waals surface area contributed by atoms with Gasteiger partial charge in [0.1, 0.15) is 5.70 Å². The van der Waals surface area contributed by atoms with Gasteiger partial charge in [-0.3, -0.25) is 9.69 Å². The van der Waals surface area contributed by atoms with E-state index in [4.69, 9.17) is 0 Å². The summed E-state index contributed by atoms with van der Waals surface area (Å²) in [7, 11) is 2.16. The van der Waals surface area contributed by atoms with Crippen LogP contribution in [0.1, 0.15) is 20.3 Å². The van der Waals surface area contributed by atoms with Gasteiger partial charge in [0.05, 0.1) is 23.4 Å². The fraction of sp³-hybridized carbons (Fsp3) is 0.778. The van der Waals surface area contributed by atoms with Gasteiger partial charge in [-0.25, -0.2) is 4.79 Å². The summed E-state index contributed by atoms with van der Waals surface area (Å²) in [5, 5.41) is 24.1. The first-order valence-electron chi connectivity index (χ1n) is 9.51. The summed E-state index contributed by atoms with van der Waals surface area (Å²) in [6.07, 6.45) is 0.238. The second-order valence-electron chi connectivity index (χ2n) is 8.00. The van der Waals surface area contributed by atoms with Crippen molar-refractivity contribution in [2.24, 2.45) is 11.8 Å². The first kappa shape index (κ1) is 19.6. The zero-order valence-corrected chi connectivity index (χ0v) is 17.4. The lowest BCUT2D eigenvalue weighted by atomic mass is 9.79. The Bertz CT molecular complexity index is 686. The normalized spacial score (nSPS) is 40.4. The third-order valence-electron chi connectivity index (χ3n) is 6.24. The number of thioether (sulfide) groups is 2. The summed E-state index contributed by atoms with van der Waals surface area (Å²) in [5.74, 6) is -0.701. The molecule has 3 unspecified atom stereocenters. The van der Waals surface area contributed by atoms with E-state index in [0.717, 1.165) is 30.2 Å². The minimum absolute atomic E-state index is 0.0546. The third kappa shape index (κ3) is 3.11. The number of hydrogen-bond acceptors (Lipinski definition) is 7. The van der Waals surface area contributed by atoms with Crippen molar-refractivity contribution in [3.05, 3.63) is 10.6 Å². The number of aliphatic hydroxyl groups excluding tert-OH is 1. The number of hydrogen-bond donors (Lipinski definition) is 3. The summed E-state index contributed by atoms with van der Waals surface area (Å²) in [4.78, 5) is 28.9. The average Bonchev–Trinajstić information content (AvgIpc) is 3.27. The molecule has 4 aliphatic heterocycles. The third-order valence-corrected chi connectivity index (χ3v) is 9.20. The van der Waals surface area contributed by atoms with Crippen molar-refractivity contribution in [2.75, 3.05) is 25.9 Å². The molecule has 3 fully saturated rings. The Labute approximate surface area is 167 Å². The number of carboxylic acid groups (broad SMARTS) is 1. The van der Waals surface area contributed by atoms with Gasteiger partial charge in [-0.15, -0.1) is 23.5 Å². The Morgan fingerprint density at radius 1 is 1.44 bits per heavy atom. The second-order valence-corrected chi connectivity index (χ2v) is 10.6. The molecule has 7 atom stereocenters. The van der Waals surface area contributed by atoms with Crippen molar-refractivity contribution in [3.8, 4) is 0 Å². The molecule has 150 valence electrons. The number of likely N-dealkylation sites (N-methyl/N-ethyl adjacent to an activating group) is 1. The lowest BCUT2D eigenvalue weighted by Gasteiger charge is -2.46. The molecule has 9 heteroatoms. The Morgan fingerprint density at radius 2 is 2.19 bits per heavy atom. The highest BCUT2D eigenvalue weighted by molar-refractivity contribution is 8.03. The van der Waals surface area contributed by atoms with E-state index in [9.17, 15) is 19.8 Å². The Morgan fingerprint density at radius 3 is 2.78 bits per heavy atom. The number of amides is 1.